The van der Waals surface area contributed by atoms with Gasteiger partial charge in [0.2, 0.25) is 0 Å². The van der Waals surface area contributed by atoms with Gasteiger partial charge in [-0.05, 0) is 49.1 Å². The van der Waals surface area contributed by atoms with Crippen LogP contribution >= 0.6 is 0 Å². The van der Waals surface area contributed by atoms with Gasteiger partial charge < -0.3 is 14.2 Å². The highest BCUT2D eigenvalue weighted by Crippen LogP contribution is 2.29. The van der Waals surface area contributed by atoms with Gasteiger partial charge in [-0.1, -0.05) is 0 Å². The summed E-state index contributed by atoms with van der Waals surface area (Å²) in [5.41, 5.74) is 1.84. The summed E-state index contributed by atoms with van der Waals surface area (Å²) in [6.07, 6.45) is 5.32. The zero-order valence-corrected chi connectivity index (χ0v) is 17.0. The van der Waals surface area contributed by atoms with Gasteiger partial charge in [-0.3, -0.25) is 0 Å². The number of rotatable bonds is 6. The average molecular weight is 417 g/mol. The fourth-order valence-electron chi connectivity index (χ4n) is 3.72. The normalized spacial score (nSPS) is 15.7. The first-order valence-corrected chi connectivity index (χ1v) is 11.0. The first-order valence-electron chi connectivity index (χ1n) is 9.43. The molecular weight excluding hydrogens is 392 g/mol. The predicted molar refractivity (Wildman–Crippen MR) is 111 cm³/mol. The van der Waals surface area contributed by atoms with Crippen LogP contribution in [0.5, 0.6) is 5.75 Å². The summed E-state index contributed by atoms with van der Waals surface area (Å²) in [4.78, 5) is 11.2. The van der Waals surface area contributed by atoms with Crippen LogP contribution in [0.4, 0.5) is 5.82 Å². The van der Waals surface area contributed by atoms with E-state index in [2.05, 4.69) is 19.6 Å². The number of anilines is 1. The Labute approximate surface area is 169 Å². The lowest BCUT2D eigenvalue weighted by Crippen LogP contribution is -2.40. The Bertz CT molecular complexity index is 1090. The maximum Gasteiger partial charge on any atom is 0.274 e. The molecule has 0 bridgehead atoms. The van der Waals surface area contributed by atoms with Gasteiger partial charge in [0.25, 0.3) is 10.2 Å². The summed E-state index contributed by atoms with van der Waals surface area (Å²) in [7, 11) is -1.99. The van der Waals surface area contributed by atoms with E-state index >= 15 is 0 Å². The van der Waals surface area contributed by atoms with E-state index in [1.807, 2.05) is 41.1 Å². The van der Waals surface area contributed by atoms with Crippen LogP contribution in [0.2, 0.25) is 0 Å². The lowest BCUT2D eigenvalue weighted by Gasteiger charge is -2.33. The first kappa shape index (κ1) is 19.6. The smallest absolute Gasteiger partial charge is 0.274 e. The van der Waals surface area contributed by atoms with Gasteiger partial charge in [0.1, 0.15) is 23.5 Å². The van der Waals surface area contributed by atoms with Crippen LogP contribution in [-0.4, -0.2) is 49.7 Å². The molecule has 0 amide bonds. The van der Waals surface area contributed by atoms with Crippen LogP contribution in [0.15, 0.2) is 42.9 Å². The van der Waals surface area contributed by atoms with Crippen LogP contribution in [0.3, 0.4) is 0 Å². The number of aromatic nitrogens is 3. The van der Waals surface area contributed by atoms with Gasteiger partial charge in [0.15, 0.2) is 0 Å². The SMILES string of the molecule is COc1ccc(-n2ccc3c(N4CCC(CNS(N)(=O)=O)CC4)ncnc32)cc1. The number of benzene rings is 1. The number of nitrogens with two attached hydrogens (primary N) is 1. The molecule has 0 saturated carbocycles. The van der Waals surface area contributed by atoms with Crippen LogP contribution in [0, 0.1) is 5.92 Å². The Hall–Kier alpha value is -2.69. The summed E-state index contributed by atoms with van der Waals surface area (Å²) < 4.78 is 31.8. The molecule has 1 aromatic carbocycles. The second-order valence-electron chi connectivity index (χ2n) is 7.14. The molecule has 1 fully saturated rings. The van der Waals surface area contributed by atoms with Gasteiger partial charge in [-0.15, -0.1) is 0 Å². The number of nitrogens with one attached hydrogen (secondary N) is 1. The van der Waals surface area contributed by atoms with Crippen LogP contribution < -0.4 is 19.5 Å². The van der Waals surface area contributed by atoms with Gasteiger partial charge in [-0.25, -0.2) is 19.8 Å². The maximum atomic E-state index is 11.1. The monoisotopic (exact) mass is 416 g/mol. The minimum atomic E-state index is -3.64. The van der Waals surface area contributed by atoms with Crippen molar-refractivity contribution < 1.29 is 13.2 Å². The molecule has 154 valence electrons. The summed E-state index contributed by atoms with van der Waals surface area (Å²) in [5, 5.41) is 6.01. The fourth-order valence-corrected chi connectivity index (χ4v) is 4.19. The highest BCUT2D eigenvalue weighted by molar-refractivity contribution is 7.87. The molecule has 0 spiro atoms. The minimum absolute atomic E-state index is 0.269. The van der Waals surface area contributed by atoms with E-state index in [0.29, 0.717) is 6.54 Å². The molecule has 10 heteroatoms. The second-order valence-corrected chi connectivity index (χ2v) is 8.52. The van der Waals surface area contributed by atoms with Crippen molar-refractivity contribution in [3.8, 4) is 11.4 Å². The van der Waals surface area contributed by atoms with Crippen LogP contribution in [0.25, 0.3) is 16.7 Å². The molecule has 3 aromatic rings. The van der Waals surface area contributed by atoms with Crippen molar-refractivity contribution in [1.82, 2.24) is 19.3 Å². The second kappa shape index (κ2) is 7.97. The fraction of sp³-hybridized carbons (Fsp3) is 0.368. The molecule has 2 aromatic heterocycles. The Morgan fingerprint density at radius 3 is 2.55 bits per heavy atom. The third-order valence-corrected chi connectivity index (χ3v) is 5.87. The molecule has 29 heavy (non-hydrogen) atoms. The average Bonchev–Trinajstić information content (AvgIpc) is 3.16. The number of nitrogens with zero attached hydrogens (tertiary/aromatic N) is 4. The van der Waals surface area contributed by atoms with Crippen molar-refractivity contribution in [2.45, 2.75) is 12.8 Å². The zero-order valence-electron chi connectivity index (χ0n) is 16.2. The molecule has 3 N–H and O–H groups in total. The van der Waals surface area contributed by atoms with Crippen LogP contribution in [0.1, 0.15) is 12.8 Å². The highest BCUT2D eigenvalue weighted by atomic mass is 32.2. The Kier molecular flexibility index (Phi) is 5.39. The van der Waals surface area contributed by atoms with Crippen molar-refractivity contribution in [2.24, 2.45) is 11.1 Å². The quantitative estimate of drug-likeness (QED) is 0.628. The third-order valence-electron chi connectivity index (χ3n) is 5.30. The highest BCUT2D eigenvalue weighted by Gasteiger charge is 2.23. The van der Waals surface area contributed by atoms with Crippen molar-refractivity contribution in [2.75, 3.05) is 31.6 Å². The van der Waals surface area contributed by atoms with Gasteiger partial charge in [0.05, 0.1) is 12.5 Å². The number of methoxy groups -OCH3 is 1. The lowest BCUT2D eigenvalue weighted by atomic mass is 9.97. The molecule has 1 saturated heterocycles. The third kappa shape index (κ3) is 4.34. The number of ether oxygens (including phenoxy) is 1. The van der Waals surface area contributed by atoms with Gasteiger partial charge >= 0.3 is 0 Å². The molecule has 0 atom stereocenters. The van der Waals surface area contributed by atoms with E-state index in [9.17, 15) is 8.42 Å². The zero-order chi connectivity index (χ0) is 20.4. The molecule has 0 radical (unpaired) electrons. The number of hydrogen-bond donors (Lipinski definition) is 2. The number of piperidine rings is 1. The molecule has 9 nitrogen and oxygen atoms in total. The lowest BCUT2D eigenvalue weighted by molar-refractivity contribution is 0.401. The van der Waals surface area contributed by atoms with E-state index < -0.39 is 10.2 Å². The topological polar surface area (TPSA) is 115 Å². The van der Waals surface area contributed by atoms with Gasteiger partial charge in [-0.2, -0.15) is 8.42 Å². The summed E-state index contributed by atoms with van der Waals surface area (Å²) >= 11 is 0. The summed E-state index contributed by atoms with van der Waals surface area (Å²) in [6, 6.07) is 9.85. The first-order chi connectivity index (χ1) is 13.9. The van der Waals surface area contributed by atoms with E-state index in [4.69, 9.17) is 9.88 Å². The number of fused-ring (bicyclic) bond motifs is 1. The molecular formula is C19H24N6O3S. The summed E-state index contributed by atoms with van der Waals surface area (Å²) in [6.45, 7) is 1.98. The Morgan fingerprint density at radius 1 is 1.17 bits per heavy atom. The van der Waals surface area contributed by atoms with Crippen molar-refractivity contribution in [1.29, 1.82) is 0 Å². The van der Waals surface area contributed by atoms with E-state index in [1.165, 1.54) is 0 Å². The van der Waals surface area contributed by atoms with E-state index in [1.54, 1.807) is 13.4 Å². The largest absolute Gasteiger partial charge is 0.497 e. The summed E-state index contributed by atoms with van der Waals surface area (Å²) in [5.74, 6) is 1.98. The molecule has 0 aliphatic carbocycles. The molecule has 3 heterocycles. The molecule has 0 unspecified atom stereocenters. The van der Waals surface area contributed by atoms with Crippen molar-refractivity contribution in [3.63, 3.8) is 0 Å². The standard InChI is InChI=1S/C19H24N6O3S/c1-28-16-4-2-15(3-5-16)25-11-8-17-18(21-13-22-19(17)25)24-9-6-14(7-10-24)12-23-29(20,26)27/h2-5,8,11,13-14,23H,6-7,9-10,12H2,1H3,(H2,20,26,27). The molecule has 1 aliphatic rings. The van der Waals surface area contributed by atoms with Crippen molar-refractivity contribution >= 4 is 27.1 Å². The Balaban J connectivity index is 1.53. The maximum absolute atomic E-state index is 11.1. The van der Waals surface area contributed by atoms with Gasteiger partial charge in [0, 0.05) is 31.5 Å². The van der Waals surface area contributed by atoms with Crippen molar-refractivity contribution in [3.05, 3.63) is 42.9 Å². The van der Waals surface area contributed by atoms with Crippen LogP contribution in [-0.2, 0) is 10.2 Å². The van der Waals surface area contributed by atoms with E-state index in [-0.39, 0.29) is 5.92 Å². The minimum Gasteiger partial charge on any atom is -0.497 e. The molecule has 4 rings (SSSR count). The number of hydrogen-bond acceptors (Lipinski definition) is 6. The Morgan fingerprint density at radius 2 is 1.90 bits per heavy atom. The molecule has 1 aliphatic heterocycles. The van der Waals surface area contributed by atoms with E-state index in [0.717, 1.165) is 54.2 Å². The predicted octanol–water partition coefficient (Wildman–Crippen LogP) is 1.44.